The molecule has 0 radical (unpaired) electrons. The summed E-state index contributed by atoms with van der Waals surface area (Å²) in [7, 11) is -3.80. The number of nitrogens with one attached hydrogen (secondary N) is 1. The van der Waals surface area contributed by atoms with Crippen molar-refractivity contribution in [2.24, 2.45) is 0 Å². The van der Waals surface area contributed by atoms with Crippen molar-refractivity contribution in [1.29, 1.82) is 0 Å². The first kappa shape index (κ1) is 15.4. The van der Waals surface area contributed by atoms with Crippen LogP contribution in [0.15, 0.2) is 33.2 Å². The van der Waals surface area contributed by atoms with Crippen molar-refractivity contribution in [2.45, 2.75) is 24.3 Å². The molecule has 0 aliphatic heterocycles. The number of anilines is 1. The number of rotatable bonds is 4. The Morgan fingerprint density at radius 1 is 1.40 bits per heavy atom. The average molecular weight is 377 g/mol. The fourth-order valence-corrected chi connectivity index (χ4v) is 4.37. The van der Waals surface area contributed by atoms with Crippen molar-refractivity contribution in [1.82, 2.24) is 14.7 Å². The van der Waals surface area contributed by atoms with Gasteiger partial charge in [0, 0.05) is 22.2 Å². The Morgan fingerprint density at radius 3 is 2.70 bits per heavy atom. The molecule has 2 heterocycles. The van der Waals surface area contributed by atoms with E-state index in [1.807, 2.05) is 0 Å². The maximum absolute atomic E-state index is 12.4. The molecule has 6 nitrogen and oxygen atoms in total. The summed E-state index contributed by atoms with van der Waals surface area (Å²) < 4.78 is 28.0. The lowest BCUT2D eigenvalue weighted by Crippen LogP contribution is -2.41. The van der Waals surface area contributed by atoms with E-state index in [2.05, 4.69) is 30.6 Å². The molecule has 20 heavy (non-hydrogen) atoms. The average Bonchev–Trinajstić information content (AvgIpc) is 2.85. The van der Waals surface area contributed by atoms with Gasteiger partial charge in [0.2, 0.25) is 10.0 Å². The molecular formula is C11H13BrN4O2S2. The summed E-state index contributed by atoms with van der Waals surface area (Å²) in [5.74, 6) is -0.0457. The van der Waals surface area contributed by atoms with Gasteiger partial charge < -0.3 is 5.73 Å². The second-order valence-electron chi connectivity index (χ2n) is 4.60. The maximum Gasteiger partial charge on any atom is 0.245 e. The fraction of sp³-hybridized carbons (Fsp3) is 0.273. The van der Waals surface area contributed by atoms with Crippen LogP contribution in [-0.2, 0) is 15.6 Å². The van der Waals surface area contributed by atoms with Crippen LogP contribution >= 0.6 is 27.3 Å². The first-order chi connectivity index (χ1) is 9.22. The fourth-order valence-electron chi connectivity index (χ4n) is 1.61. The van der Waals surface area contributed by atoms with Gasteiger partial charge in [0.25, 0.3) is 0 Å². The highest BCUT2D eigenvalue weighted by Gasteiger charge is 2.31. The molecule has 0 aliphatic carbocycles. The molecule has 0 unspecified atom stereocenters. The predicted octanol–water partition coefficient (Wildman–Crippen LogP) is 2.10. The minimum atomic E-state index is -3.80. The predicted molar refractivity (Wildman–Crippen MR) is 81.8 cm³/mol. The zero-order chi connectivity index (χ0) is 15.0. The van der Waals surface area contributed by atoms with Gasteiger partial charge in [-0.15, -0.1) is 11.3 Å². The van der Waals surface area contributed by atoms with E-state index in [9.17, 15) is 8.42 Å². The van der Waals surface area contributed by atoms with E-state index in [0.29, 0.717) is 9.48 Å². The summed E-state index contributed by atoms with van der Waals surface area (Å²) in [6, 6.07) is 1.42. The Hall–Kier alpha value is -1.03. The number of nitrogens with zero attached hydrogens (tertiary/aromatic N) is 2. The smallest absolute Gasteiger partial charge is 0.245 e. The standard InChI is InChI=1S/C11H13BrN4O2S2/c1-11(2,10-14-3-4-19-10)16-20(17,18)8-5-7(12)6-15-9(8)13/h3-6,16H,1-2H3,(H2,13,15). The minimum Gasteiger partial charge on any atom is -0.383 e. The number of nitrogen functional groups attached to an aromatic ring is 1. The van der Waals surface area contributed by atoms with Gasteiger partial charge in [-0.3, -0.25) is 0 Å². The van der Waals surface area contributed by atoms with Crippen LogP contribution in [0.5, 0.6) is 0 Å². The number of aromatic nitrogens is 2. The SMILES string of the molecule is CC(C)(NS(=O)(=O)c1cc(Br)cnc1N)c1nccs1. The van der Waals surface area contributed by atoms with Crippen molar-refractivity contribution >= 4 is 43.1 Å². The lowest BCUT2D eigenvalue weighted by molar-refractivity contribution is 0.470. The second kappa shape index (κ2) is 5.40. The molecule has 0 saturated heterocycles. The van der Waals surface area contributed by atoms with Crippen LogP contribution < -0.4 is 10.5 Å². The Labute approximate surface area is 129 Å². The van der Waals surface area contributed by atoms with Gasteiger partial charge in [-0.25, -0.2) is 18.4 Å². The van der Waals surface area contributed by atoms with Gasteiger partial charge in [0.15, 0.2) is 0 Å². The van der Waals surface area contributed by atoms with Crippen LogP contribution in [0, 0.1) is 0 Å². The molecule has 0 amide bonds. The van der Waals surface area contributed by atoms with E-state index in [-0.39, 0.29) is 10.7 Å². The minimum absolute atomic E-state index is 0.0457. The van der Waals surface area contributed by atoms with Gasteiger partial charge in [0.1, 0.15) is 15.7 Å². The number of hydrogen-bond acceptors (Lipinski definition) is 6. The van der Waals surface area contributed by atoms with Gasteiger partial charge >= 0.3 is 0 Å². The van der Waals surface area contributed by atoms with Crippen molar-refractivity contribution in [3.8, 4) is 0 Å². The molecule has 0 saturated carbocycles. The molecule has 2 aromatic rings. The molecule has 2 aromatic heterocycles. The van der Waals surface area contributed by atoms with E-state index in [4.69, 9.17) is 5.73 Å². The summed E-state index contributed by atoms with van der Waals surface area (Å²) in [4.78, 5) is 7.92. The number of nitrogens with two attached hydrogens (primary N) is 1. The molecule has 0 bridgehead atoms. The lowest BCUT2D eigenvalue weighted by Gasteiger charge is -2.23. The normalized spacial score (nSPS) is 12.6. The zero-order valence-corrected chi connectivity index (χ0v) is 14.0. The zero-order valence-electron chi connectivity index (χ0n) is 10.8. The number of pyridine rings is 1. The van der Waals surface area contributed by atoms with Crippen molar-refractivity contribution in [2.75, 3.05) is 5.73 Å². The van der Waals surface area contributed by atoms with E-state index in [1.165, 1.54) is 23.6 Å². The van der Waals surface area contributed by atoms with Crippen LogP contribution in [0.2, 0.25) is 0 Å². The first-order valence-corrected chi connectivity index (χ1v) is 8.73. The third kappa shape index (κ3) is 3.17. The third-order valence-corrected chi connectivity index (χ3v) is 5.71. The monoisotopic (exact) mass is 376 g/mol. The second-order valence-corrected chi connectivity index (χ2v) is 8.07. The Morgan fingerprint density at radius 2 is 2.10 bits per heavy atom. The van der Waals surface area contributed by atoms with E-state index < -0.39 is 15.6 Å². The highest BCUT2D eigenvalue weighted by molar-refractivity contribution is 9.10. The largest absolute Gasteiger partial charge is 0.383 e. The van der Waals surface area contributed by atoms with Crippen LogP contribution in [0.4, 0.5) is 5.82 Å². The quantitative estimate of drug-likeness (QED) is 0.850. The van der Waals surface area contributed by atoms with Crippen LogP contribution in [0.3, 0.4) is 0 Å². The van der Waals surface area contributed by atoms with Crippen LogP contribution in [0.25, 0.3) is 0 Å². The summed E-state index contributed by atoms with van der Waals surface area (Å²) in [6.45, 7) is 3.48. The molecule has 0 fully saturated rings. The van der Waals surface area contributed by atoms with Crippen molar-refractivity contribution < 1.29 is 8.42 Å². The Bertz CT molecular complexity index is 714. The molecule has 2 rings (SSSR count). The molecule has 108 valence electrons. The summed E-state index contributed by atoms with van der Waals surface area (Å²) in [5.41, 5.74) is 4.82. The third-order valence-electron chi connectivity index (χ3n) is 2.49. The summed E-state index contributed by atoms with van der Waals surface area (Å²) in [6.07, 6.45) is 3.07. The first-order valence-electron chi connectivity index (χ1n) is 5.57. The van der Waals surface area contributed by atoms with E-state index in [1.54, 1.807) is 25.4 Å². The maximum atomic E-state index is 12.4. The van der Waals surface area contributed by atoms with Gasteiger partial charge in [-0.2, -0.15) is 4.72 Å². The van der Waals surface area contributed by atoms with Crippen molar-refractivity contribution in [3.05, 3.63) is 33.3 Å². The highest BCUT2D eigenvalue weighted by Crippen LogP contribution is 2.27. The van der Waals surface area contributed by atoms with Gasteiger partial charge in [-0.1, -0.05) is 0 Å². The molecule has 0 aliphatic rings. The Kier molecular flexibility index (Phi) is 4.14. The number of sulfonamides is 1. The summed E-state index contributed by atoms with van der Waals surface area (Å²) >= 11 is 4.57. The Balaban J connectivity index is 2.39. The van der Waals surface area contributed by atoms with Gasteiger partial charge in [-0.05, 0) is 35.8 Å². The van der Waals surface area contributed by atoms with Crippen LogP contribution in [-0.4, -0.2) is 18.4 Å². The lowest BCUT2D eigenvalue weighted by atomic mass is 10.1. The highest BCUT2D eigenvalue weighted by atomic mass is 79.9. The molecule has 0 aromatic carbocycles. The molecule has 0 atom stereocenters. The van der Waals surface area contributed by atoms with Crippen molar-refractivity contribution in [3.63, 3.8) is 0 Å². The molecule has 3 N–H and O–H groups in total. The number of thiazole rings is 1. The van der Waals surface area contributed by atoms with Crippen LogP contribution in [0.1, 0.15) is 18.9 Å². The molecule has 0 spiro atoms. The molecular weight excluding hydrogens is 364 g/mol. The number of hydrogen-bond donors (Lipinski definition) is 2. The summed E-state index contributed by atoms with van der Waals surface area (Å²) in [5, 5.41) is 2.46. The van der Waals surface area contributed by atoms with E-state index >= 15 is 0 Å². The molecule has 9 heteroatoms. The topological polar surface area (TPSA) is 98.0 Å². The van der Waals surface area contributed by atoms with E-state index in [0.717, 1.165) is 0 Å². The van der Waals surface area contributed by atoms with Gasteiger partial charge in [0.05, 0.1) is 5.54 Å². The number of halogens is 1.